The predicted molar refractivity (Wildman–Crippen MR) is 71.8 cm³/mol. The van der Waals surface area contributed by atoms with Crippen molar-refractivity contribution >= 4 is 33.0 Å². The van der Waals surface area contributed by atoms with Crippen LogP contribution in [0.3, 0.4) is 0 Å². The average molecular weight is 312 g/mol. The highest BCUT2D eigenvalue weighted by molar-refractivity contribution is 9.11. The number of thiophene rings is 1. The number of carbonyl (C=O) groups excluding carboxylic acids is 1. The Morgan fingerprint density at radius 1 is 1.47 bits per heavy atom. The van der Waals surface area contributed by atoms with E-state index in [0.29, 0.717) is 12.8 Å². The molecule has 0 saturated heterocycles. The zero-order valence-corrected chi connectivity index (χ0v) is 12.3. The Labute approximate surface area is 114 Å². The van der Waals surface area contributed by atoms with Gasteiger partial charge in [-0.2, -0.15) is 5.26 Å². The highest BCUT2D eigenvalue weighted by Gasteiger charge is 2.52. The third-order valence-corrected chi connectivity index (χ3v) is 5.17. The van der Waals surface area contributed by atoms with E-state index < -0.39 is 5.41 Å². The quantitative estimate of drug-likeness (QED) is 0.829. The van der Waals surface area contributed by atoms with Gasteiger partial charge in [0.15, 0.2) is 5.78 Å². The number of hydrogen-bond acceptors (Lipinski definition) is 3. The molecule has 2 nitrogen and oxygen atoms in total. The molecule has 0 radical (unpaired) electrons. The van der Waals surface area contributed by atoms with Crippen LogP contribution in [0.5, 0.6) is 0 Å². The second-order valence-electron chi connectivity index (χ2n) is 5.29. The first-order chi connectivity index (χ1) is 7.89. The molecule has 0 amide bonds. The van der Waals surface area contributed by atoms with E-state index in [-0.39, 0.29) is 11.2 Å². The number of carbonyl (C=O) groups is 1. The zero-order valence-electron chi connectivity index (χ0n) is 9.92. The van der Waals surface area contributed by atoms with Crippen molar-refractivity contribution in [2.75, 3.05) is 0 Å². The molecule has 0 aliphatic heterocycles. The Bertz CT molecular complexity index is 500. The zero-order chi connectivity index (χ0) is 12.7. The van der Waals surface area contributed by atoms with Gasteiger partial charge < -0.3 is 0 Å². The van der Waals surface area contributed by atoms with E-state index in [1.54, 1.807) is 11.3 Å². The van der Waals surface area contributed by atoms with Gasteiger partial charge in [-0.15, -0.1) is 11.3 Å². The number of Topliss-reactive ketones (excluding diaryl/α,β-unsaturated/α-hetero) is 1. The molecule has 1 aromatic rings. The first-order valence-electron chi connectivity index (χ1n) is 5.60. The molecule has 1 aromatic heterocycles. The van der Waals surface area contributed by atoms with Crippen LogP contribution in [0.4, 0.5) is 0 Å². The van der Waals surface area contributed by atoms with Gasteiger partial charge in [0.25, 0.3) is 0 Å². The van der Waals surface area contributed by atoms with Crippen LogP contribution in [0.25, 0.3) is 0 Å². The van der Waals surface area contributed by atoms with Crippen LogP contribution in [-0.4, -0.2) is 5.78 Å². The molecule has 0 spiro atoms. The van der Waals surface area contributed by atoms with Crippen molar-refractivity contribution < 1.29 is 4.79 Å². The van der Waals surface area contributed by atoms with Crippen molar-refractivity contribution in [2.45, 2.75) is 33.1 Å². The minimum Gasteiger partial charge on any atom is -0.297 e. The van der Waals surface area contributed by atoms with Crippen molar-refractivity contribution in [1.29, 1.82) is 5.26 Å². The van der Waals surface area contributed by atoms with Crippen LogP contribution in [-0.2, 0) is 11.2 Å². The van der Waals surface area contributed by atoms with E-state index in [1.807, 2.05) is 26.0 Å². The number of nitriles is 1. The molecule has 1 atom stereocenters. The Hall–Kier alpha value is -0.660. The summed E-state index contributed by atoms with van der Waals surface area (Å²) in [6.45, 7) is 3.89. The lowest BCUT2D eigenvalue weighted by Gasteiger charge is -2.21. The van der Waals surface area contributed by atoms with Gasteiger partial charge in [-0.3, -0.25) is 4.79 Å². The molecule has 90 valence electrons. The molecule has 1 fully saturated rings. The summed E-state index contributed by atoms with van der Waals surface area (Å²) >= 11 is 5.01. The summed E-state index contributed by atoms with van der Waals surface area (Å²) in [6.07, 6.45) is 2.05. The SMILES string of the molecule is CC1(C)CCC(C#N)(Cc2ccc(Br)s2)C1=O. The number of rotatable bonds is 2. The van der Waals surface area contributed by atoms with Crippen LogP contribution < -0.4 is 0 Å². The first-order valence-corrected chi connectivity index (χ1v) is 7.21. The lowest BCUT2D eigenvalue weighted by atomic mass is 9.78. The van der Waals surface area contributed by atoms with Crippen molar-refractivity contribution in [3.05, 3.63) is 20.8 Å². The minimum absolute atomic E-state index is 0.108. The molecule has 2 rings (SSSR count). The molecule has 4 heteroatoms. The van der Waals surface area contributed by atoms with Gasteiger partial charge in [-0.1, -0.05) is 13.8 Å². The fourth-order valence-corrected chi connectivity index (χ4v) is 4.06. The summed E-state index contributed by atoms with van der Waals surface area (Å²) in [5, 5.41) is 9.41. The second kappa shape index (κ2) is 4.22. The minimum atomic E-state index is -0.798. The van der Waals surface area contributed by atoms with Gasteiger partial charge in [-0.05, 0) is 40.9 Å². The maximum atomic E-state index is 12.4. The van der Waals surface area contributed by atoms with Gasteiger partial charge in [0.1, 0.15) is 5.41 Å². The normalized spacial score (nSPS) is 27.1. The molecule has 1 unspecified atom stereocenters. The topological polar surface area (TPSA) is 40.9 Å². The standard InChI is InChI=1S/C13H14BrNOS/c1-12(2)5-6-13(8-15,11(12)16)7-9-3-4-10(14)17-9/h3-4H,5-7H2,1-2H3. The van der Waals surface area contributed by atoms with Gasteiger partial charge in [-0.25, -0.2) is 0 Å². The van der Waals surface area contributed by atoms with Gasteiger partial charge >= 0.3 is 0 Å². The van der Waals surface area contributed by atoms with Crippen LogP contribution >= 0.6 is 27.3 Å². The van der Waals surface area contributed by atoms with E-state index >= 15 is 0 Å². The molecular weight excluding hydrogens is 298 g/mol. The Kier molecular flexibility index (Phi) is 3.17. The summed E-state index contributed by atoms with van der Waals surface area (Å²) in [5.74, 6) is 0.108. The van der Waals surface area contributed by atoms with Gasteiger partial charge in [0.2, 0.25) is 0 Å². The van der Waals surface area contributed by atoms with E-state index in [0.717, 1.165) is 15.1 Å². The molecule has 0 aromatic carbocycles. The fourth-order valence-electron chi connectivity index (χ4n) is 2.46. The summed E-state index contributed by atoms with van der Waals surface area (Å²) in [7, 11) is 0. The first kappa shape index (κ1) is 12.8. The van der Waals surface area contributed by atoms with Crippen LogP contribution in [0.1, 0.15) is 31.6 Å². The fraction of sp³-hybridized carbons (Fsp3) is 0.538. The average Bonchev–Trinajstić information content (AvgIpc) is 2.77. The highest BCUT2D eigenvalue weighted by Crippen LogP contribution is 2.47. The van der Waals surface area contributed by atoms with Gasteiger partial charge in [0.05, 0.1) is 9.86 Å². The molecule has 1 aliphatic rings. The Morgan fingerprint density at radius 3 is 2.59 bits per heavy atom. The Morgan fingerprint density at radius 2 is 2.18 bits per heavy atom. The number of nitrogens with zero attached hydrogens (tertiary/aromatic N) is 1. The van der Waals surface area contributed by atoms with Crippen molar-refractivity contribution in [3.63, 3.8) is 0 Å². The molecule has 0 N–H and O–H groups in total. The highest BCUT2D eigenvalue weighted by atomic mass is 79.9. The largest absolute Gasteiger partial charge is 0.297 e. The van der Waals surface area contributed by atoms with Crippen LogP contribution in [0.2, 0.25) is 0 Å². The maximum absolute atomic E-state index is 12.4. The molecule has 1 aliphatic carbocycles. The van der Waals surface area contributed by atoms with E-state index in [4.69, 9.17) is 0 Å². The lowest BCUT2D eigenvalue weighted by Crippen LogP contribution is -2.32. The van der Waals surface area contributed by atoms with Crippen molar-refractivity contribution in [2.24, 2.45) is 10.8 Å². The predicted octanol–water partition coefficient (Wildman–Crippen LogP) is 3.95. The summed E-state index contributed by atoms with van der Waals surface area (Å²) in [5.41, 5.74) is -1.14. The summed E-state index contributed by atoms with van der Waals surface area (Å²) < 4.78 is 1.05. The molecular formula is C13H14BrNOS. The molecule has 1 saturated carbocycles. The number of ketones is 1. The van der Waals surface area contributed by atoms with E-state index in [1.165, 1.54) is 0 Å². The maximum Gasteiger partial charge on any atom is 0.159 e. The molecule has 0 bridgehead atoms. The molecule has 17 heavy (non-hydrogen) atoms. The summed E-state index contributed by atoms with van der Waals surface area (Å²) in [6, 6.07) is 6.24. The van der Waals surface area contributed by atoms with Crippen molar-refractivity contribution in [3.8, 4) is 6.07 Å². The second-order valence-corrected chi connectivity index (χ2v) is 7.84. The number of halogens is 1. The van der Waals surface area contributed by atoms with Crippen LogP contribution in [0.15, 0.2) is 15.9 Å². The third-order valence-electron chi connectivity index (χ3n) is 3.54. The molecule has 1 heterocycles. The van der Waals surface area contributed by atoms with Crippen molar-refractivity contribution in [1.82, 2.24) is 0 Å². The number of hydrogen-bond donors (Lipinski definition) is 0. The van der Waals surface area contributed by atoms with E-state index in [9.17, 15) is 10.1 Å². The lowest BCUT2D eigenvalue weighted by molar-refractivity contribution is -0.130. The summed E-state index contributed by atoms with van der Waals surface area (Å²) in [4.78, 5) is 13.5. The van der Waals surface area contributed by atoms with E-state index in [2.05, 4.69) is 22.0 Å². The smallest absolute Gasteiger partial charge is 0.159 e. The van der Waals surface area contributed by atoms with Gasteiger partial charge in [0, 0.05) is 16.7 Å². The Balaban J connectivity index is 2.29. The monoisotopic (exact) mass is 311 g/mol. The third kappa shape index (κ3) is 2.19. The van der Waals surface area contributed by atoms with Crippen LogP contribution in [0, 0.1) is 22.2 Å².